The van der Waals surface area contributed by atoms with Gasteiger partial charge >= 0.3 is 0 Å². The monoisotopic (exact) mass is 295 g/mol. The van der Waals surface area contributed by atoms with Gasteiger partial charge in [0.2, 0.25) is 0 Å². The summed E-state index contributed by atoms with van der Waals surface area (Å²) < 4.78 is 1.57. The molecule has 0 aromatic carbocycles. The van der Waals surface area contributed by atoms with Crippen LogP contribution < -0.4 is 10.5 Å². The van der Waals surface area contributed by atoms with Crippen molar-refractivity contribution in [2.24, 2.45) is 11.8 Å². The standard InChI is InChI=1S/C15H25N3OS/c1-3-13(11-20)10-18-15(19)7-14(8-16-18)17-6-4-5-12(2)9-17/h7-8,12-13,20H,3-6,9-11H2,1-2H3. The quantitative estimate of drug-likeness (QED) is 0.848. The molecule has 0 saturated carbocycles. The van der Waals surface area contributed by atoms with Crippen LogP contribution in [0.2, 0.25) is 0 Å². The van der Waals surface area contributed by atoms with Crippen LogP contribution in [0.5, 0.6) is 0 Å². The number of aromatic nitrogens is 2. The first-order chi connectivity index (χ1) is 9.63. The Morgan fingerprint density at radius 3 is 2.95 bits per heavy atom. The van der Waals surface area contributed by atoms with Gasteiger partial charge in [-0.2, -0.15) is 17.7 Å². The van der Waals surface area contributed by atoms with Gasteiger partial charge in [0.25, 0.3) is 5.56 Å². The molecular weight excluding hydrogens is 270 g/mol. The molecule has 4 nitrogen and oxygen atoms in total. The highest BCUT2D eigenvalue weighted by molar-refractivity contribution is 7.80. The van der Waals surface area contributed by atoms with Gasteiger partial charge in [-0.1, -0.05) is 20.3 Å². The van der Waals surface area contributed by atoms with Gasteiger partial charge in [0.05, 0.1) is 11.9 Å². The van der Waals surface area contributed by atoms with Gasteiger partial charge in [0.1, 0.15) is 0 Å². The van der Waals surface area contributed by atoms with Crippen molar-refractivity contribution in [1.29, 1.82) is 0 Å². The van der Waals surface area contributed by atoms with E-state index in [1.165, 1.54) is 12.8 Å². The first-order valence-electron chi connectivity index (χ1n) is 7.57. The van der Waals surface area contributed by atoms with Gasteiger partial charge in [0, 0.05) is 25.7 Å². The largest absolute Gasteiger partial charge is 0.370 e. The van der Waals surface area contributed by atoms with E-state index in [4.69, 9.17) is 0 Å². The highest BCUT2D eigenvalue weighted by Gasteiger charge is 2.17. The molecule has 1 aromatic heterocycles. The van der Waals surface area contributed by atoms with Gasteiger partial charge < -0.3 is 4.90 Å². The third-order valence-electron chi connectivity index (χ3n) is 4.14. The number of anilines is 1. The summed E-state index contributed by atoms with van der Waals surface area (Å²) in [6.07, 6.45) is 5.33. The summed E-state index contributed by atoms with van der Waals surface area (Å²) in [4.78, 5) is 14.5. The third-order valence-corrected chi connectivity index (χ3v) is 4.66. The average molecular weight is 295 g/mol. The van der Waals surface area contributed by atoms with Crippen LogP contribution in [0.1, 0.15) is 33.1 Å². The van der Waals surface area contributed by atoms with Gasteiger partial charge in [-0.25, -0.2) is 4.68 Å². The second kappa shape index (κ2) is 7.16. The molecular formula is C15H25N3OS. The maximum atomic E-state index is 12.2. The molecule has 5 heteroatoms. The van der Waals surface area contributed by atoms with Crippen LogP contribution in [0, 0.1) is 11.8 Å². The Kier molecular flexibility index (Phi) is 5.52. The van der Waals surface area contributed by atoms with Crippen LogP contribution in [-0.4, -0.2) is 28.6 Å². The van der Waals surface area contributed by atoms with Crippen LogP contribution in [0.25, 0.3) is 0 Å². The van der Waals surface area contributed by atoms with Gasteiger partial charge in [-0.05, 0) is 30.4 Å². The van der Waals surface area contributed by atoms with Crippen molar-refractivity contribution in [2.45, 2.75) is 39.7 Å². The Morgan fingerprint density at radius 2 is 2.35 bits per heavy atom. The highest BCUT2D eigenvalue weighted by atomic mass is 32.1. The summed E-state index contributed by atoms with van der Waals surface area (Å²) in [6, 6.07) is 1.73. The minimum atomic E-state index is 0.000889. The minimum absolute atomic E-state index is 0.000889. The predicted molar refractivity (Wildman–Crippen MR) is 86.7 cm³/mol. The zero-order chi connectivity index (χ0) is 14.5. The number of rotatable bonds is 5. The molecule has 0 N–H and O–H groups in total. The minimum Gasteiger partial charge on any atom is -0.370 e. The predicted octanol–water partition coefficient (Wildman–Crippen LogP) is 2.44. The summed E-state index contributed by atoms with van der Waals surface area (Å²) in [6.45, 7) is 7.10. The van der Waals surface area contributed by atoms with Crippen molar-refractivity contribution >= 4 is 18.3 Å². The molecule has 1 aliphatic heterocycles. The van der Waals surface area contributed by atoms with Crippen molar-refractivity contribution < 1.29 is 0 Å². The smallest absolute Gasteiger partial charge is 0.268 e. The normalized spacial score (nSPS) is 20.9. The molecule has 1 aromatic rings. The first kappa shape index (κ1) is 15.4. The van der Waals surface area contributed by atoms with Crippen molar-refractivity contribution in [2.75, 3.05) is 23.7 Å². The van der Waals surface area contributed by atoms with Crippen LogP contribution in [0.15, 0.2) is 17.1 Å². The van der Waals surface area contributed by atoms with Crippen molar-refractivity contribution in [1.82, 2.24) is 9.78 Å². The molecule has 2 rings (SSSR count). The molecule has 0 aliphatic carbocycles. The molecule has 1 saturated heterocycles. The molecule has 1 aliphatic rings. The first-order valence-corrected chi connectivity index (χ1v) is 8.20. The lowest BCUT2D eigenvalue weighted by Crippen LogP contribution is -2.36. The van der Waals surface area contributed by atoms with Gasteiger partial charge in [0.15, 0.2) is 0 Å². The van der Waals surface area contributed by atoms with E-state index in [9.17, 15) is 4.79 Å². The molecule has 112 valence electrons. The lowest BCUT2D eigenvalue weighted by Gasteiger charge is -2.32. The topological polar surface area (TPSA) is 38.1 Å². The maximum Gasteiger partial charge on any atom is 0.268 e. The van der Waals surface area contributed by atoms with Crippen molar-refractivity contribution in [3.63, 3.8) is 0 Å². The van der Waals surface area contributed by atoms with E-state index in [1.807, 2.05) is 6.20 Å². The fraction of sp³-hybridized carbons (Fsp3) is 0.733. The van der Waals surface area contributed by atoms with E-state index in [0.717, 1.165) is 31.0 Å². The second-order valence-electron chi connectivity index (χ2n) is 5.88. The summed E-state index contributed by atoms with van der Waals surface area (Å²) in [7, 11) is 0. The lowest BCUT2D eigenvalue weighted by molar-refractivity contribution is 0.426. The van der Waals surface area contributed by atoms with E-state index >= 15 is 0 Å². The van der Waals surface area contributed by atoms with Crippen molar-refractivity contribution in [3.05, 3.63) is 22.6 Å². The summed E-state index contributed by atoms with van der Waals surface area (Å²) in [5, 5.41) is 4.34. The lowest BCUT2D eigenvalue weighted by atomic mass is 10.00. The van der Waals surface area contributed by atoms with Crippen LogP contribution in [0.3, 0.4) is 0 Å². The maximum absolute atomic E-state index is 12.2. The molecule has 0 spiro atoms. The van der Waals surface area contributed by atoms with Crippen molar-refractivity contribution in [3.8, 4) is 0 Å². The number of hydrogen-bond acceptors (Lipinski definition) is 4. The Balaban J connectivity index is 2.11. The molecule has 0 radical (unpaired) electrons. The summed E-state index contributed by atoms with van der Waals surface area (Å²) in [5.74, 6) is 1.89. The Labute approximate surface area is 126 Å². The Morgan fingerprint density at radius 1 is 1.55 bits per heavy atom. The van der Waals surface area contributed by atoms with E-state index in [1.54, 1.807) is 10.7 Å². The SMILES string of the molecule is CCC(CS)Cn1ncc(N2CCCC(C)C2)cc1=O. The molecule has 1 fully saturated rings. The Bertz CT molecular complexity index is 484. The van der Waals surface area contributed by atoms with Gasteiger partial charge in [-0.3, -0.25) is 4.79 Å². The van der Waals surface area contributed by atoms with Crippen LogP contribution >= 0.6 is 12.6 Å². The number of thiol groups is 1. The third kappa shape index (κ3) is 3.78. The molecule has 0 bridgehead atoms. The fourth-order valence-electron chi connectivity index (χ4n) is 2.72. The Hall–Kier alpha value is -0.970. The highest BCUT2D eigenvalue weighted by Crippen LogP contribution is 2.21. The number of hydrogen-bond donors (Lipinski definition) is 1. The molecule has 20 heavy (non-hydrogen) atoms. The van der Waals surface area contributed by atoms with Gasteiger partial charge in [-0.15, -0.1) is 0 Å². The zero-order valence-electron chi connectivity index (χ0n) is 12.5. The molecule has 2 unspecified atom stereocenters. The average Bonchev–Trinajstić information content (AvgIpc) is 2.46. The number of nitrogens with zero attached hydrogens (tertiary/aromatic N) is 3. The molecule has 2 heterocycles. The van der Waals surface area contributed by atoms with E-state index in [0.29, 0.717) is 18.4 Å². The number of piperidine rings is 1. The van der Waals surface area contributed by atoms with Crippen LogP contribution in [0.4, 0.5) is 5.69 Å². The fourth-order valence-corrected chi connectivity index (χ4v) is 3.09. The van der Waals surface area contributed by atoms with E-state index in [-0.39, 0.29) is 5.56 Å². The van der Waals surface area contributed by atoms with E-state index in [2.05, 4.69) is 36.5 Å². The molecule has 0 amide bonds. The van der Waals surface area contributed by atoms with Crippen LogP contribution in [-0.2, 0) is 6.54 Å². The summed E-state index contributed by atoms with van der Waals surface area (Å²) in [5.41, 5.74) is 0.970. The zero-order valence-corrected chi connectivity index (χ0v) is 13.4. The summed E-state index contributed by atoms with van der Waals surface area (Å²) >= 11 is 4.32. The van der Waals surface area contributed by atoms with E-state index < -0.39 is 0 Å². The second-order valence-corrected chi connectivity index (χ2v) is 6.25. The molecule has 2 atom stereocenters.